The molecule has 2 unspecified atom stereocenters. The number of ether oxygens (including phenoxy) is 1. The average molecular weight is 392 g/mol. The van der Waals surface area contributed by atoms with Gasteiger partial charge in [0, 0.05) is 31.9 Å². The number of nitrogens with zero attached hydrogens (tertiary/aromatic N) is 2. The summed E-state index contributed by atoms with van der Waals surface area (Å²) in [6.45, 7) is 1.48. The van der Waals surface area contributed by atoms with E-state index in [9.17, 15) is 19.5 Å². The van der Waals surface area contributed by atoms with E-state index in [1.807, 2.05) is 0 Å². The minimum Gasteiger partial charge on any atom is -0.450 e. The number of aromatic nitrogens is 1. The van der Waals surface area contributed by atoms with Crippen LogP contribution in [0.1, 0.15) is 50.2 Å². The van der Waals surface area contributed by atoms with Gasteiger partial charge in [0.05, 0.1) is 6.61 Å². The lowest BCUT2D eigenvalue weighted by Crippen LogP contribution is -2.51. The van der Waals surface area contributed by atoms with Crippen molar-refractivity contribution in [3.05, 3.63) is 30.1 Å². The molecule has 28 heavy (non-hydrogen) atoms. The highest BCUT2D eigenvalue weighted by molar-refractivity contribution is 5.88. The van der Waals surface area contributed by atoms with Crippen molar-refractivity contribution >= 4 is 17.9 Å². The van der Waals surface area contributed by atoms with Gasteiger partial charge < -0.3 is 25.8 Å². The minimum absolute atomic E-state index is 0.212. The number of nitrogens with one attached hydrogen (secondary N) is 1. The molecule has 0 aromatic carbocycles. The van der Waals surface area contributed by atoms with Gasteiger partial charge in [-0.15, -0.1) is 0 Å². The zero-order chi connectivity index (χ0) is 20.4. The Kier molecular flexibility index (Phi) is 8.67. The fourth-order valence-electron chi connectivity index (χ4n) is 3.15. The van der Waals surface area contributed by atoms with Crippen LogP contribution in [0.5, 0.6) is 0 Å². The highest BCUT2D eigenvalue weighted by Gasteiger charge is 2.33. The maximum absolute atomic E-state index is 12.9. The molecular formula is C19H28N4O5. The van der Waals surface area contributed by atoms with Gasteiger partial charge in [0.1, 0.15) is 12.1 Å². The number of primary amides is 1. The van der Waals surface area contributed by atoms with Gasteiger partial charge >= 0.3 is 6.09 Å². The third-order valence-corrected chi connectivity index (χ3v) is 4.66. The molecule has 2 atom stereocenters. The van der Waals surface area contributed by atoms with Crippen LogP contribution in [0, 0.1) is 0 Å². The zero-order valence-electron chi connectivity index (χ0n) is 15.9. The van der Waals surface area contributed by atoms with E-state index in [1.165, 1.54) is 12.4 Å². The van der Waals surface area contributed by atoms with Crippen molar-refractivity contribution in [3.63, 3.8) is 0 Å². The molecule has 1 aromatic rings. The molecule has 9 heteroatoms. The van der Waals surface area contributed by atoms with Crippen molar-refractivity contribution in [2.45, 2.75) is 50.7 Å². The van der Waals surface area contributed by atoms with E-state index in [-0.39, 0.29) is 24.8 Å². The van der Waals surface area contributed by atoms with Crippen LogP contribution in [0.25, 0.3) is 0 Å². The SMILES string of the molecule is NC(=O)OCCCCCC(=O)NC(C(=O)N1CCCC1)C(O)c1ccncc1. The highest BCUT2D eigenvalue weighted by atomic mass is 16.5. The predicted octanol–water partition coefficient (Wildman–Crippen LogP) is 0.878. The van der Waals surface area contributed by atoms with Gasteiger partial charge in [0.15, 0.2) is 0 Å². The van der Waals surface area contributed by atoms with Crippen LogP contribution in [-0.4, -0.2) is 58.6 Å². The van der Waals surface area contributed by atoms with Crippen molar-refractivity contribution in [3.8, 4) is 0 Å². The molecule has 9 nitrogen and oxygen atoms in total. The second kappa shape index (κ2) is 11.2. The van der Waals surface area contributed by atoms with E-state index in [4.69, 9.17) is 5.73 Å². The van der Waals surface area contributed by atoms with Crippen LogP contribution in [0.4, 0.5) is 4.79 Å². The first-order valence-corrected chi connectivity index (χ1v) is 9.57. The zero-order valence-corrected chi connectivity index (χ0v) is 15.9. The molecule has 1 saturated heterocycles. The van der Waals surface area contributed by atoms with E-state index >= 15 is 0 Å². The summed E-state index contributed by atoms with van der Waals surface area (Å²) in [5.41, 5.74) is 5.40. The molecule has 0 radical (unpaired) electrons. The lowest BCUT2D eigenvalue weighted by molar-refractivity contribution is -0.139. The highest BCUT2D eigenvalue weighted by Crippen LogP contribution is 2.20. The monoisotopic (exact) mass is 392 g/mol. The van der Waals surface area contributed by atoms with Gasteiger partial charge in [0.2, 0.25) is 11.8 Å². The summed E-state index contributed by atoms with van der Waals surface area (Å²) < 4.78 is 4.63. The first-order valence-electron chi connectivity index (χ1n) is 9.57. The Morgan fingerprint density at radius 1 is 1.18 bits per heavy atom. The second-order valence-corrected chi connectivity index (χ2v) is 6.78. The predicted molar refractivity (Wildman–Crippen MR) is 101 cm³/mol. The van der Waals surface area contributed by atoms with Crippen LogP contribution < -0.4 is 11.1 Å². The smallest absolute Gasteiger partial charge is 0.404 e. The molecule has 0 bridgehead atoms. The summed E-state index contributed by atoms with van der Waals surface area (Å²) in [6, 6.07) is 2.21. The number of nitrogens with two attached hydrogens (primary N) is 1. The Morgan fingerprint density at radius 2 is 1.86 bits per heavy atom. The van der Waals surface area contributed by atoms with E-state index < -0.39 is 18.2 Å². The molecule has 154 valence electrons. The van der Waals surface area contributed by atoms with Crippen LogP contribution in [0.3, 0.4) is 0 Å². The number of hydrogen-bond donors (Lipinski definition) is 3. The topological polar surface area (TPSA) is 135 Å². The average Bonchev–Trinajstić information content (AvgIpc) is 3.23. The Labute approximate surface area is 164 Å². The molecular weight excluding hydrogens is 364 g/mol. The van der Waals surface area contributed by atoms with Gasteiger partial charge in [-0.1, -0.05) is 0 Å². The molecule has 1 aliphatic rings. The number of carbonyl (C=O) groups excluding carboxylic acids is 3. The molecule has 3 amide bonds. The van der Waals surface area contributed by atoms with Crippen molar-refractivity contribution in [2.75, 3.05) is 19.7 Å². The Morgan fingerprint density at radius 3 is 2.50 bits per heavy atom. The van der Waals surface area contributed by atoms with Crippen molar-refractivity contribution < 1.29 is 24.2 Å². The van der Waals surface area contributed by atoms with E-state index in [1.54, 1.807) is 17.0 Å². The number of aliphatic hydroxyl groups excluding tert-OH is 1. The third-order valence-electron chi connectivity index (χ3n) is 4.66. The summed E-state index contributed by atoms with van der Waals surface area (Å²) in [5, 5.41) is 13.4. The fraction of sp³-hybridized carbons (Fsp3) is 0.579. The first-order chi connectivity index (χ1) is 13.5. The van der Waals surface area contributed by atoms with Crippen molar-refractivity contribution in [2.24, 2.45) is 5.73 Å². The first kappa shape index (κ1) is 21.6. The molecule has 0 aliphatic carbocycles. The van der Waals surface area contributed by atoms with E-state index in [2.05, 4.69) is 15.0 Å². The van der Waals surface area contributed by atoms with E-state index in [0.29, 0.717) is 37.9 Å². The van der Waals surface area contributed by atoms with Crippen molar-refractivity contribution in [1.82, 2.24) is 15.2 Å². The van der Waals surface area contributed by atoms with Gasteiger partial charge in [0.25, 0.3) is 0 Å². The molecule has 0 spiro atoms. The van der Waals surface area contributed by atoms with Crippen LogP contribution in [-0.2, 0) is 14.3 Å². The normalized spacial score (nSPS) is 15.7. The summed E-state index contributed by atoms with van der Waals surface area (Å²) in [5.74, 6) is -0.577. The van der Waals surface area contributed by atoms with Crippen LogP contribution in [0.15, 0.2) is 24.5 Å². The van der Waals surface area contributed by atoms with E-state index in [0.717, 1.165) is 12.8 Å². The number of hydrogen-bond acceptors (Lipinski definition) is 6. The molecule has 0 saturated carbocycles. The van der Waals surface area contributed by atoms with Gasteiger partial charge in [-0.2, -0.15) is 0 Å². The number of carbonyl (C=O) groups is 3. The van der Waals surface area contributed by atoms with Crippen LogP contribution >= 0.6 is 0 Å². The maximum Gasteiger partial charge on any atom is 0.404 e. The summed E-state index contributed by atoms with van der Waals surface area (Å²) in [6.07, 6.45) is 5.02. The Balaban J connectivity index is 1.90. The molecule has 1 fully saturated rings. The van der Waals surface area contributed by atoms with Crippen molar-refractivity contribution in [1.29, 1.82) is 0 Å². The summed E-state index contributed by atoms with van der Waals surface area (Å²) in [7, 11) is 0. The fourth-order valence-corrected chi connectivity index (χ4v) is 3.15. The standard InChI is InChI=1S/C19H28N4O5/c20-19(27)28-13-5-1-2-6-15(24)22-16(18(26)23-11-3-4-12-23)17(25)14-7-9-21-10-8-14/h7-10,16-17,25H,1-6,11-13H2,(H2,20,27)(H,22,24). The number of unbranched alkanes of at least 4 members (excludes halogenated alkanes) is 2. The third kappa shape index (κ3) is 6.80. The Hall–Kier alpha value is -2.68. The molecule has 1 aromatic heterocycles. The number of likely N-dealkylation sites (tertiary alicyclic amines) is 1. The lowest BCUT2D eigenvalue weighted by Gasteiger charge is -2.28. The number of amides is 3. The molecule has 1 aliphatic heterocycles. The number of aliphatic hydroxyl groups is 1. The second-order valence-electron chi connectivity index (χ2n) is 6.78. The number of rotatable bonds is 10. The van der Waals surface area contributed by atoms with Gasteiger partial charge in [-0.3, -0.25) is 14.6 Å². The lowest BCUT2D eigenvalue weighted by atomic mass is 10.0. The quantitative estimate of drug-likeness (QED) is 0.506. The van der Waals surface area contributed by atoms with Gasteiger partial charge in [-0.25, -0.2) is 4.79 Å². The molecule has 2 rings (SSSR count). The van der Waals surface area contributed by atoms with Crippen LogP contribution in [0.2, 0.25) is 0 Å². The molecule has 4 N–H and O–H groups in total. The largest absolute Gasteiger partial charge is 0.450 e. The summed E-state index contributed by atoms with van der Waals surface area (Å²) in [4.78, 5) is 41.3. The van der Waals surface area contributed by atoms with Gasteiger partial charge in [-0.05, 0) is 49.8 Å². The maximum atomic E-state index is 12.9. The Bertz CT molecular complexity index is 649. The number of pyridine rings is 1. The molecule has 2 heterocycles. The summed E-state index contributed by atoms with van der Waals surface area (Å²) >= 11 is 0. The minimum atomic E-state index is -1.15.